The number of hydrogen-bond acceptors (Lipinski definition) is 8. The summed E-state index contributed by atoms with van der Waals surface area (Å²) >= 11 is 2.61. The van der Waals surface area contributed by atoms with E-state index in [4.69, 9.17) is 5.14 Å². The van der Waals surface area contributed by atoms with Gasteiger partial charge in [0.2, 0.25) is 21.1 Å². The zero-order valence-electron chi connectivity index (χ0n) is 15.6. The highest BCUT2D eigenvalue weighted by Gasteiger charge is 2.18. The highest BCUT2D eigenvalue weighted by Crippen LogP contribution is 2.31. The lowest BCUT2D eigenvalue weighted by Crippen LogP contribution is -2.22. The summed E-state index contributed by atoms with van der Waals surface area (Å²) < 4.78 is 23.5. The maximum Gasteiger partial charge on any atom is 0.238 e. The summed E-state index contributed by atoms with van der Waals surface area (Å²) in [4.78, 5) is 12.4. The number of aromatic nitrogens is 2. The summed E-state index contributed by atoms with van der Waals surface area (Å²) in [5.74, 6) is -0.287. The van der Waals surface area contributed by atoms with E-state index in [0.717, 1.165) is 5.69 Å². The summed E-state index contributed by atoms with van der Waals surface area (Å²) in [7, 11) is -3.84. The Balaban J connectivity index is 1.60. The van der Waals surface area contributed by atoms with Gasteiger partial charge >= 0.3 is 0 Å². The molecule has 0 aliphatic rings. The van der Waals surface area contributed by atoms with Crippen LogP contribution in [0.25, 0.3) is 0 Å². The van der Waals surface area contributed by atoms with Crippen molar-refractivity contribution in [1.29, 1.82) is 0 Å². The second kappa shape index (κ2) is 8.91. The highest BCUT2D eigenvalue weighted by molar-refractivity contribution is 8.02. The molecule has 0 bridgehead atoms. The summed E-state index contributed by atoms with van der Waals surface area (Å²) in [5.41, 5.74) is 2.43. The number of benzene rings is 2. The molecule has 1 aromatic heterocycles. The molecule has 0 radical (unpaired) electrons. The number of anilines is 3. The van der Waals surface area contributed by atoms with Gasteiger partial charge in [0.25, 0.3) is 0 Å². The monoisotopic (exact) mass is 449 g/mol. The van der Waals surface area contributed by atoms with Crippen LogP contribution >= 0.6 is 23.1 Å². The zero-order chi connectivity index (χ0) is 21.0. The quantitative estimate of drug-likeness (QED) is 0.472. The van der Waals surface area contributed by atoms with Crippen molar-refractivity contribution in [3.05, 3.63) is 54.1 Å². The first-order chi connectivity index (χ1) is 13.7. The van der Waals surface area contributed by atoms with Crippen LogP contribution < -0.4 is 15.8 Å². The number of aryl methyl sites for hydroxylation is 1. The van der Waals surface area contributed by atoms with E-state index < -0.39 is 15.3 Å². The lowest BCUT2D eigenvalue weighted by Gasteiger charge is -2.11. The summed E-state index contributed by atoms with van der Waals surface area (Å²) in [6.07, 6.45) is 0. The molecular formula is C18H19N5O3S3. The number of nitrogens with zero attached hydrogens (tertiary/aromatic N) is 2. The van der Waals surface area contributed by atoms with Gasteiger partial charge < -0.3 is 10.6 Å². The Hall–Kier alpha value is -2.47. The van der Waals surface area contributed by atoms with Gasteiger partial charge in [0.05, 0.1) is 10.1 Å². The standard InChI is InChI=1S/C18H19N5O3S3/c1-11-6-8-13(9-7-11)21-17-22-23-18(28-17)27-12(2)16(24)20-14-4-3-5-15(10-14)29(19,25)26/h3-10,12H,1-2H3,(H,20,24)(H,21,22)(H2,19,25,26). The second-order valence-electron chi connectivity index (χ2n) is 6.19. The van der Waals surface area contributed by atoms with Crippen LogP contribution in [-0.2, 0) is 14.8 Å². The Morgan fingerprint density at radius 2 is 1.86 bits per heavy atom. The molecule has 0 aliphatic carbocycles. The predicted molar refractivity (Wildman–Crippen MR) is 116 cm³/mol. The Morgan fingerprint density at radius 3 is 2.55 bits per heavy atom. The number of sulfonamides is 1. The molecule has 4 N–H and O–H groups in total. The summed E-state index contributed by atoms with van der Waals surface area (Å²) in [6.45, 7) is 3.75. The van der Waals surface area contributed by atoms with Gasteiger partial charge in [-0.2, -0.15) is 0 Å². The van der Waals surface area contributed by atoms with Crippen LogP contribution in [0.1, 0.15) is 12.5 Å². The molecule has 0 aliphatic heterocycles. The number of carbonyl (C=O) groups excluding carboxylic acids is 1. The van der Waals surface area contributed by atoms with E-state index in [9.17, 15) is 13.2 Å². The maximum absolute atomic E-state index is 12.4. The summed E-state index contributed by atoms with van der Waals surface area (Å²) in [6, 6.07) is 13.7. The number of hydrogen-bond donors (Lipinski definition) is 3. The molecule has 3 rings (SSSR count). The van der Waals surface area contributed by atoms with Gasteiger partial charge in [0, 0.05) is 11.4 Å². The topological polar surface area (TPSA) is 127 Å². The van der Waals surface area contributed by atoms with Crippen LogP contribution in [0, 0.1) is 6.92 Å². The Kier molecular flexibility index (Phi) is 6.52. The van der Waals surface area contributed by atoms with Gasteiger partial charge in [0.1, 0.15) is 0 Å². The number of primary sulfonamides is 1. The van der Waals surface area contributed by atoms with Crippen LogP contribution in [-0.4, -0.2) is 29.8 Å². The van der Waals surface area contributed by atoms with Crippen molar-refractivity contribution in [1.82, 2.24) is 10.2 Å². The molecule has 1 amide bonds. The molecule has 11 heteroatoms. The van der Waals surface area contributed by atoms with Crippen molar-refractivity contribution in [3.63, 3.8) is 0 Å². The summed E-state index contributed by atoms with van der Waals surface area (Å²) in [5, 5.41) is 19.3. The van der Waals surface area contributed by atoms with Gasteiger partial charge in [-0.25, -0.2) is 13.6 Å². The fourth-order valence-electron chi connectivity index (χ4n) is 2.27. The average molecular weight is 450 g/mol. The van der Waals surface area contributed by atoms with Crippen molar-refractivity contribution >= 4 is 55.5 Å². The number of nitrogens with one attached hydrogen (secondary N) is 2. The normalized spacial score (nSPS) is 12.4. The molecule has 0 saturated heterocycles. The van der Waals surface area contributed by atoms with Gasteiger partial charge in [-0.3, -0.25) is 4.79 Å². The molecule has 0 saturated carbocycles. The van der Waals surface area contributed by atoms with Gasteiger partial charge in [-0.15, -0.1) is 10.2 Å². The maximum atomic E-state index is 12.4. The smallest absolute Gasteiger partial charge is 0.238 e. The van der Waals surface area contributed by atoms with Crippen molar-refractivity contribution in [3.8, 4) is 0 Å². The molecule has 2 aromatic carbocycles. The van der Waals surface area contributed by atoms with Crippen LogP contribution in [0.5, 0.6) is 0 Å². The Labute approximate surface area is 177 Å². The van der Waals surface area contributed by atoms with Crippen LogP contribution in [0.15, 0.2) is 57.8 Å². The fourth-order valence-corrected chi connectivity index (χ4v) is 4.74. The minimum Gasteiger partial charge on any atom is -0.330 e. The lowest BCUT2D eigenvalue weighted by atomic mass is 10.2. The first-order valence-electron chi connectivity index (χ1n) is 8.48. The average Bonchev–Trinajstić information content (AvgIpc) is 3.10. The molecule has 1 atom stereocenters. The Morgan fingerprint density at radius 1 is 1.14 bits per heavy atom. The van der Waals surface area contributed by atoms with Crippen LogP contribution in [0.3, 0.4) is 0 Å². The number of amides is 1. The van der Waals surface area contributed by atoms with Gasteiger partial charge in [-0.05, 0) is 44.2 Å². The van der Waals surface area contributed by atoms with E-state index >= 15 is 0 Å². The Bertz CT molecular complexity index is 1110. The van der Waals surface area contributed by atoms with E-state index in [2.05, 4.69) is 20.8 Å². The van der Waals surface area contributed by atoms with E-state index in [1.165, 1.54) is 46.9 Å². The molecular weight excluding hydrogens is 430 g/mol. The van der Waals surface area contributed by atoms with Crippen molar-refractivity contribution < 1.29 is 13.2 Å². The first-order valence-corrected chi connectivity index (χ1v) is 11.7. The van der Waals surface area contributed by atoms with Crippen LogP contribution in [0.4, 0.5) is 16.5 Å². The molecule has 8 nitrogen and oxygen atoms in total. The SMILES string of the molecule is Cc1ccc(Nc2nnc(SC(C)C(=O)Nc3cccc(S(N)(=O)=O)c3)s2)cc1. The van der Waals surface area contributed by atoms with Gasteiger partial charge in [0.15, 0.2) is 4.34 Å². The fraction of sp³-hybridized carbons (Fsp3) is 0.167. The third-order valence-electron chi connectivity index (χ3n) is 3.79. The molecule has 1 unspecified atom stereocenters. The predicted octanol–water partition coefficient (Wildman–Crippen LogP) is 3.36. The number of carbonyl (C=O) groups is 1. The molecule has 1 heterocycles. The van der Waals surface area contributed by atoms with Crippen molar-refractivity contribution in [2.45, 2.75) is 28.3 Å². The van der Waals surface area contributed by atoms with E-state index in [0.29, 0.717) is 15.2 Å². The largest absolute Gasteiger partial charge is 0.330 e. The minimum atomic E-state index is -3.84. The van der Waals surface area contributed by atoms with Crippen molar-refractivity contribution in [2.75, 3.05) is 10.6 Å². The molecule has 29 heavy (non-hydrogen) atoms. The second-order valence-corrected chi connectivity index (χ2v) is 10.3. The lowest BCUT2D eigenvalue weighted by molar-refractivity contribution is -0.115. The molecule has 152 valence electrons. The number of thioether (sulfide) groups is 1. The minimum absolute atomic E-state index is 0.0634. The van der Waals surface area contributed by atoms with Gasteiger partial charge in [-0.1, -0.05) is 46.9 Å². The number of nitrogens with two attached hydrogens (primary N) is 1. The molecule has 0 fully saturated rings. The van der Waals surface area contributed by atoms with Crippen molar-refractivity contribution in [2.24, 2.45) is 5.14 Å². The third-order valence-corrected chi connectivity index (χ3v) is 6.72. The number of rotatable bonds is 7. The van der Waals surface area contributed by atoms with E-state index in [1.807, 2.05) is 31.2 Å². The van der Waals surface area contributed by atoms with E-state index in [-0.39, 0.29) is 10.8 Å². The zero-order valence-corrected chi connectivity index (χ0v) is 18.1. The first kappa shape index (κ1) is 21.2. The molecule has 0 spiro atoms. The van der Waals surface area contributed by atoms with E-state index in [1.54, 1.807) is 13.0 Å². The third kappa shape index (κ3) is 6.00. The highest BCUT2D eigenvalue weighted by atomic mass is 32.2. The molecule has 3 aromatic rings. The van der Waals surface area contributed by atoms with Crippen LogP contribution in [0.2, 0.25) is 0 Å².